The first-order chi connectivity index (χ1) is 30.3. The molecule has 10 aromatic rings. The number of rotatable bonds is 11. The van der Waals surface area contributed by atoms with Gasteiger partial charge in [0, 0.05) is 50.0 Å². The predicted molar refractivity (Wildman–Crippen MR) is 261 cm³/mol. The van der Waals surface area contributed by atoms with Crippen molar-refractivity contribution in [1.29, 1.82) is 0 Å². The second-order valence-electron chi connectivity index (χ2n) is 15.0. The fraction of sp³-hybridized carbons (Fsp3) is 0. The minimum atomic E-state index is 1.08. The van der Waals surface area contributed by atoms with Gasteiger partial charge in [0.2, 0.25) is 0 Å². The van der Waals surface area contributed by atoms with E-state index in [2.05, 4.69) is 270 Å². The monoisotopic (exact) mass is 781 g/mol. The summed E-state index contributed by atoms with van der Waals surface area (Å²) in [5.41, 5.74) is 12.2. The van der Waals surface area contributed by atoms with Crippen molar-refractivity contribution in [3.63, 3.8) is 0 Å². The van der Waals surface area contributed by atoms with Gasteiger partial charge in [0.25, 0.3) is 0 Å². The van der Waals surface area contributed by atoms with Gasteiger partial charge in [0.05, 0.1) is 22.7 Å². The van der Waals surface area contributed by atoms with E-state index in [1.807, 2.05) is 6.07 Å². The van der Waals surface area contributed by atoms with Crippen LogP contribution < -0.4 is 14.7 Å². The van der Waals surface area contributed by atoms with Gasteiger partial charge in [-0.05, 0) is 96.1 Å². The molecule has 0 aliphatic heterocycles. The highest BCUT2D eigenvalue weighted by molar-refractivity contribution is 6.12. The number of benzene rings is 10. The van der Waals surface area contributed by atoms with Gasteiger partial charge in [0.15, 0.2) is 0 Å². The Morgan fingerprint density at radius 1 is 0.197 bits per heavy atom. The zero-order chi connectivity index (χ0) is 40.8. The molecule has 10 rings (SSSR count). The molecule has 0 aromatic heterocycles. The first-order valence-corrected chi connectivity index (χ1v) is 20.8. The Hall–Kier alpha value is -8.14. The lowest BCUT2D eigenvalue weighted by atomic mass is 10.00. The van der Waals surface area contributed by atoms with Crippen molar-refractivity contribution in [2.45, 2.75) is 0 Å². The maximum Gasteiger partial charge on any atom is 0.0541 e. The molecule has 0 fully saturated rings. The van der Waals surface area contributed by atoms with Crippen molar-refractivity contribution in [1.82, 2.24) is 0 Å². The first kappa shape index (κ1) is 37.2. The van der Waals surface area contributed by atoms with E-state index in [4.69, 9.17) is 0 Å². The van der Waals surface area contributed by atoms with Crippen molar-refractivity contribution < 1.29 is 0 Å². The topological polar surface area (TPSA) is 9.72 Å². The number of nitrogens with zero attached hydrogens (tertiary/aromatic N) is 3. The molecule has 0 amide bonds. The second-order valence-corrected chi connectivity index (χ2v) is 15.0. The summed E-state index contributed by atoms with van der Waals surface area (Å²) in [4.78, 5) is 7.15. The Balaban J connectivity index is 1.13. The van der Waals surface area contributed by atoms with E-state index < -0.39 is 0 Å². The normalized spacial score (nSPS) is 11.2. The van der Waals surface area contributed by atoms with E-state index in [0.29, 0.717) is 0 Å². The highest BCUT2D eigenvalue weighted by Crippen LogP contribution is 2.48. The van der Waals surface area contributed by atoms with E-state index in [9.17, 15) is 0 Å². The fourth-order valence-corrected chi connectivity index (χ4v) is 8.38. The lowest BCUT2D eigenvalue weighted by Gasteiger charge is -2.32. The third-order valence-electron chi connectivity index (χ3n) is 11.2. The van der Waals surface area contributed by atoms with Crippen LogP contribution in [0.5, 0.6) is 0 Å². The molecule has 0 saturated carbocycles. The Kier molecular flexibility index (Phi) is 10.3. The molecular formula is C58H43N3. The summed E-state index contributed by atoms with van der Waals surface area (Å²) in [5, 5.41) is 4.61. The molecule has 0 aliphatic carbocycles. The molecule has 0 bridgehead atoms. The first-order valence-electron chi connectivity index (χ1n) is 20.8. The van der Waals surface area contributed by atoms with Gasteiger partial charge in [-0.1, -0.05) is 176 Å². The molecule has 0 unspecified atom stereocenters. The minimum absolute atomic E-state index is 1.08. The molecule has 0 spiro atoms. The van der Waals surface area contributed by atoms with Crippen LogP contribution in [-0.2, 0) is 0 Å². The Labute approximate surface area is 358 Å². The summed E-state index contributed by atoms with van der Waals surface area (Å²) in [5.74, 6) is 0. The van der Waals surface area contributed by atoms with Gasteiger partial charge in [-0.25, -0.2) is 0 Å². The van der Waals surface area contributed by atoms with E-state index in [1.165, 1.54) is 5.56 Å². The summed E-state index contributed by atoms with van der Waals surface area (Å²) < 4.78 is 0. The quantitative estimate of drug-likeness (QED) is 0.121. The highest BCUT2D eigenvalue weighted by atomic mass is 15.2. The predicted octanol–water partition coefficient (Wildman–Crippen LogP) is 16.6. The molecule has 0 radical (unpaired) electrons. The van der Waals surface area contributed by atoms with Gasteiger partial charge in [-0.15, -0.1) is 0 Å². The van der Waals surface area contributed by atoms with Crippen molar-refractivity contribution in [2.75, 3.05) is 14.7 Å². The van der Waals surface area contributed by atoms with Crippen LogP contribution in [0.3, 0.4) is 0 Å². The fourth-order valence-electron chi connectivity index (χ4n) is 8.38. The van der Waals surface area contributed by atoms with E-state index in [-0.39, 0.29) is 0 Å². The molecule has 290 valence electrons. The van der Waals surface area contributed by atoms with Crippen LogP contribution in [0.15, 0.2) is 249 Å². The second kappa shape index (κ2) is 17.0. The van der Waals surface area contributed by atoms with Gasteiger partial charge < -0.3 is 14.7 Å². The van der Waals surface area contributed by atoms with Gasteiger partial charge in [0.1, 0.15) is 0 Å². The molecule has 10 aromatic carbocycles. The number of anilines is 9. The lowest BCUT2D eigenvalue weighted by Crippen LogP contribution is -2.14. The van der Waals surface area contributed by atoms with Crippen LogP contribution in [0.4, 0.5) is 51.2 Å². The molecule has 0 saturated heterocycles. The average molecular weight is 782 g/mol. The van der Waals surface area contributed by atoms with Gasteiger partial charge >= 0.3 is 0 Å². The Bertz CT molecular complexity index is 3020. The van der Waals surface area contributed by atoms with Crippen LogP contribution in [-0.4, -0.2) is 0 Å². The van der Waals surface area contributed by atoms with Gasteiger partial charge in [-0.2, -0.15) is 0 Å². The smallest absolute Gasteiger partial charge is 0.0541 e. The molecular weight excluding hydrogens is 739 g/mol. The molecule has 0 N–H and O–H groups in total. The minimum Gasteiger partial charge on any atom is -0.310 e. The lowest BCUT2D eigenvalue weighted by molar-refractivity contribution is 1.27. The average Bonchev–Trinajstić information content (AvgIpc) is 3.34. The SMILES string of the molecule is C(=Cc1ccc(N(c2ccccc2)c2ccc(N(c3ccccc3)c3ccc(N(c4ccccc4)c4ccccc4)c4ccccc34)c3ccccc23)cc1)c1ccccc1. The van der Waals surface area contributed by atoms with Crippen molar-refractivity contribution in [3.05, 3.63) is 260 Å². The van der Waals surface area contributed by atoms with Crippen molar-refractivity contribution in [3.8, 4) is 0 Å². The molecule has 0 atom stereocenters. The maximum atomic E-state index is 2.42. The van der Waals surface area contributed by atoms with E-state index in [0.717, 1.165) is 78.3 Å². The Morgan fingerprint density at radius 3 is 0.787 bits per heavy atom. The number of fused-ring (bicyclic) bond motifs is 2. The zero-order valence-corrected chi connectivity index (χ0v) is 33.7. The molecule has 61 heavy (non-hydrogen) atoms. The zero-order valence-electron chi connectivity index (χ0n) is 33.7. The molecule has 3 nitrogen and oxygen atoms in total. The van der Waals surface area contributed by atoms with Crippen LogP contribution in [0.25, 0.3) is 33.7 Å². The Morgan fingerprint density at radius 2 is 0.443 bits per heavy atom. The van der Waals surface area contributed by atoms with Crippen molar-refractivity contribution in [2.24, 2.45) is 0 Å². The van der Waals surface area contributed by atoms with E-state index in [1.54, 1.807) is 0 Å². The summed E-state index contributed by atoms with van der Waals surface area (Å²) in [6.07, 6.45) is 4.33. The van der Waals surface area contributed by atoms with E-state index >= 15 is 0 Å². The van der Waals surface area contributed by atoms with Crippen LogP contribution in [0, 0.1) is 0 Å². The maximum absolute atomic E-state index is 2.42. The standard InChI is InChI=1S/C58H43N3/c1-6-20-44(21-7-1)34-35-45-36-38-50(39-37-45)60(48-26-12-4-13-27-48)56-41-43-58(54-33-19-17-31-52(54)56)61(49-28-14-5-15-29-49)57-42-40-55(51-30-16-18-32-53(51)57)59(46-22-8-2-9-23-46)47-24-10-3-11-25-47/h1-43H. The van der Waals surface area contributed by atoms with Crippen molar-refractivity contribution >= 4 is 84.9 Å². The van der Waals surface area contributed by atoms with Gasteiger partial charge in [-0.3, -0.25) is 0 Å². The summed E-state index contributed by atoms with van der Waals surface area (Å²) in [6.45, 7) is 0. The molecule has 3 heteroatoms. The summed E-state index contributed by atoms with van der Waals surface area (Å²) >= 11 is 0. The third-order valence-corrected chi connectivity index (χ3v) is 11.2. The highest BCUT2D eigenvalue weighted by Gasteiger charge is 2.24. The van der Waals surface area contributed by atoms with Crippen LogP contribution >= 0.6 is 0 Å². The summed E-state index contributed by atoms with van der Waals surface area (Å²) in [6, 6.07) is 88.7. The molecule has 0 heterocycles. The third kappa shape index (κ3) is 7.53. The largest absolute Gasteiger partial charge is 0.310 e. The number of para-hydroxylation sites is 4. The van der Waals surface area contributed by atoms with Crippen LogP contribution in [0.2, 0.25) is 0 Å². The van der Waals surface area contributed by atoms with Crippen LogP contribution in [0.1, 0.15) is 11.1 Å². The molecule has 0 aliphatic rings. The number of hydrogen-bond acceptors (Lipinski definition) is 3. The number of hydrogen-bond donors (Lipinski definition) is 0. The summed E-state index contributed by atoms with van der Waals surface area (Å²) in [7, 11) is 0.